The highest BCUT2D eigenvalue weighted by Gasteiger charge is 2.19. The average Bonchev–Trinajstić information content (AvgIpc) is 2.36. The fourth-order valence-electron chi connectivity index (χ4n) is 2.02. The van der Waals surface area contributed by atoms with E-state index in [1.54, 1.807) is 6.20 Å². The molecule has 0 radical (unpaired) electrons. The number of piperazine rings is 1. The Kier molecular flexibility index (Phi) is 4.77. The normalized spacial score (nSPS) is 17.7. The Morgan fingerprint density at radius 2 is 2.00 bits per heavy atom. The Morgan fingerprint density at radius 1 is 1.32 bits per heavy atom. The monoisotopic (exact) mass is 348 g/mol. The maximum atomic E-state index is 10.9. The number of hydrogen-bond acceptors (Lipinski definition) is 5. The summed E-state index contributed by atoms with van der Waals surface area (Å²) in [5.41, 5.74) is 0. The molecule has 0 unspecified atom stereocenters. The molecule has 1 aliphatic rings. The van der Waals surface area contributed by atoms with Crippen LogP contribution < -0.4 is 10.0 Å². The number of rotatable bonds is 4. The van der Waals surface area contributed by atoms with E-state index in [0.29, 0.717) is 6.54 Å². The van der Waals surface area contributed by atoms with E-state index in [1.807, 2.05) is 12.1 Å². The number of anilines is 1. The first-order valence-corrected chi connectivity index (χ1v) is 8.54. The van der Waals surface area contributed by atoms with Gasteiger partial charge in [0.1, 0.15) is 5.82 Å². The predicted octanol–water partition coefficient (Wildman–Crippen LogP) is 0.255. The van der Waals surface area contributed by atoms with Gasteiger partial charge in [0, 0.05) is 43.4 Å². The molecule has 1 aliphatic heterocycles. The summed E-state index contributed by atoms with van der Waals surface area (Å²) < 4.78 is 22.9. The highest BCUT2D eigenvalue weighted by atomic mass is 79.9. The Morgan fingerprint density at radius 3 is 2.58 bits per heavy atom. The molecule has 2 rings (SSSR count). The quantitative estimate of drug-likeness (QED) is 0.843. The zero-order valence-electron chi connectivity index (χ0n) is 10.5. The molecule has 1 fully saturated rings. The Labute approximate surface area is 121 Å². The predicted molar refractivity (Wildman–Crippen MR) is 78.6 cm³/mol. The van der Waals surface area contributed by atoms with Gasteiger partial charge in [0.25, 0.3) is 0 Å². The smallest absolute Gasteiger partial charge is 0.210 e. The third-order valence-electron chi connectivity index (χ3n) is 3.10. The van der Waals surface area contributed by atoms with Crippen LogP contribution in [-0.4, -0.2) is 56.8 Å². The van der Waals surface area contributed by atoms with Gasteiger partial charge in [-0.1, -0.05) is 15.9 Å². The largest absolute Gasteiger partial charge is 0.354 e. The Hall–Kier alpha value is -0.700. The molecule has 0 amide bonds. The van der Waals surface area contributed by atoms with Gasteiger partial charge in [-0.05, 0) is 12.1 Å². The van der Waals surface area contributed by atoms with Crippen molar-refractivity contribution in [2.75, 3.05) is 43.4 Å². The number of pyridine rings is 1. The second-order valence-electron chi connectivity index (χ2n) is 4.53. The molecule has 19 heavy (non-hydrogen) atoms. The van der Waals surface area contributed by atoms with E-state index in [0.717, 1.165) is 36.5 Å². The summed E-state index contributed by atoms with van der Waals surface area (Å²) in [6.45, 7) is 3.83. The molecule has 2 heterocycles. The molecule has 1 aromatic rings. The summed E-state index contributed by atoms with van der Waals surface area (Å²) in [4.78, 5) is 8.64. The maximum Gasteiger partial charge on any atom is 0.210 e. The van der Waals surface area contributed by atoms with E-state index >= 15 is 0 Å². The molecule has 2 N–H and O–H groups in total. The van der Waals surface area contributed by atoms with Gasteiger partial charge in [0.2, 0.25) is 10.0 Å². The SMILES string of the molecule is NS(=O)(=O)CCN1CCN(c2cc(Br)ccn2)CC1. The van der Waals surface area contributed by atoms with Crippen LogP contribution in [0.3, 0.4) is 0 Å². The highest BCUT2D eigenvalue weighted by Crippen LogP contribution is 2.18. The van der Waals surface area contributed by atoms with Crippen molar-refractivity contribution >= 4 is 31.8 Å². The molecule has 1 saturated heterocycles. The summed E-state index contributed by atoms with van der Waals surface area (Å²) in [5, 5.41) is 5.01. The standard InChI is InChI=1S/C11H17BrN4O2S/c12-10-1-2-14-11(9-10)16-5-3-15(4-6-16)7-8-19(13,17)18/h1-2,9H,3-8H2,(H2,13,17,18). The van der Waals surface area contributed by atoms with Crippen LogP contribution in [0.5, 0.6) is 0 Å². The van der Waals surface area contributed by atoms with Crippen LogP contribution in [-0.2, 0) is 10.0 Å². The van der Waals surface area contributed by atoms with Crippen molar-refractivity contribution in [1.82, 2.24) is 9.88 Å². The molecule has 0 spiro atoms. The first kappa shape index (κ1) is 14.7. The second-order valence-corrected chi connectivity index (χ2v) is 7.18. The van der Waals surface area contributed by atoms with Crippen molar-refractivity contribution in [1.29, 1.82) is 0 Å². The van der Waals surface area contributed by atoms with Gasteiger partial charge in [-0.2, -0.15) is 0 Å². The first-order chi connectivity index (χ1) is 8.94. The molecule has 6 nitrogen and oxygen atoms in total. The van der Waals surface area contributed by atoms with Crippen molar-refractivity contribution in [3.63, 3.8) is 0 Å². The number of nitrogens with two attached hydrogens (primary N) is 1. The van der Waals surface area contributed by atoms with E-state index in [-0.39, 0.29) is 5.75 Å². The van der Waals surface area contributed by atoms with Crippen LogP contribution in [0, 0.1) is 0 Å². The molecular weight excluding hydrogens is 332 g/mol. The second kappa shape index (κ2) is 6.17. The van der Waals surface area contributed by atoms with Crippen molar-refractivity contribution in [2.24, 2.45) is 5.14 Å². The van der Waals surface area contributed by atoms with E-state index in [2.05, 4.69) is 30.7 Å². The third-order valence-corrected chi connectivity index (χ3v) is 4.34. The lowest BCUT2D eigenvalue weighted by atomic mass is 10.3. The zero-order valence-corrected chi connectivity index (χ0v) is 12.9. The van der Waals surface area contributed by atoms with Crippen molar-refractivity contribution < 1.29 is 8.42 Å². The van der Waals surface area contributed by atoms with Crippen LogP contribution in [0.4, 0.5) is 5.82 Å². The topological polar surface area (TPSA) is 79.5 Å². The van der Waals surface area contributed by atoms with E-state index < -0.39 is 10.0 Å². The van der Waals surface area contributed by atoms with E-state index in [9.17, 15) is 8.42 Å². The number of primary sulfonamides is 1. The van der Waals surface area contributed by atoms with Crippen molar-refractivity contribution in [2.45, 2.75) is 0 Å². The lowest BCUT2D eigenvalue weighted by molar-refractivity contribution is 0.271. The number of nitrogens with zero attached hydrogens (tertiary/aromatic N) is 3. The van der Waals surface area contributed by atoms with E-state index in [1.165, 1.54) is 0 Å². The van der Waals surface area contributed by atoms with Gasteiger partial charge in [0.15, 0.2) is 0 Å². The van der Waals surface area contributed by atoms with Crippen LogP contribution in [0.1, 0.15) is 0 Å². The summed E-state index contributed by atoms with van der Waals surface area (Å²) >= 11 is 3.43. The number of hydrogen-bond donors (Lipinski definition) is 1. The molecule has 0 aliphatic carbocycles. The lowest BCUT2D eigenvalue weighted by Crippen LogP contribution is -2.48. The number of sulfonamides is 1. The van der Waals surface area contributed by atoms with Gasteiger partial charge < -0.3 is 4.90 Å². The van der Waals surface area contributed by atoms with Crippen molar-refractivity contribution in [3.8, 4) is 0 Å². The highest BCUT2D eigenvalue weighted by molar-refractivity contribution is 9.10. The summed E-state index contributed by atoms with van der Waals surface area (Å²) in [6, 6.07) is 3.88. The maximum absolute atomic E-state index is 10.9. The van der Waals surface area contributed by atoms with Gasteiger partial charge in [-0.15, -0.1) is 0 Å². The number of aromatic nitrogens is 1. The van der Waals surface area contributed by atoms with Gasteiger partial charge in [-0.3, -0.25) is 4.90 Å². The molecular formula is C11H17BrN4O2S. The van der Waals surface area contributed by atoms with Crippen LogP contribution >= 0.6 is 15.9 Å². The van der Waals surface area contributed by atoms with E-state index in [4.69, 9.17) is 5.14 Å². The zero-order chi connectivity index (χ0) is 13.9. The molecule has 0 aromatic carbocycles. The Bertz CT molecular complexity index is 529. The fraction of sp³-hybridized carbons (Fsp3) is 0.545. The van der Waals surface area contributed by atoms with Crippen LogP contribution in [0.15, 0.2) is 22.8 Å². The molecule has 0 saturated carbocycles. The fourth-order valence-corrected chi connectivity index (χ4v) is 2.86. The average molecular weight is 349 g/mol. The Balaban J connectivity index is 1.86. The first-order valence-electron chi connectivity index (χ1n) is 6.03. The molecule has 106 valence electrons. The minimum atomic E-state index is -3.37. The van der Waals surface area contributed by atoms with Gasteiger partial charge in [-0.25, -0.2) is 18.5 Å². The van der Waals surface area contributed by atoms with Crippen LogP contribution in [0.2, 0.25) is 0 Å². The number of halogens is 1. The minimum Gasteiger partial charge on any atom is -0.354 e. The lowest BCUT2D eigenvalue weighted by Gasteiger charge is -2.35. The van der Waals surface area contributed by atoms with Gasteiger partial charge in [0.05, 0.1) is 5.75 Å². The summed E-state index contributed by atoms with van der Waals surface area (Å²) in [5.74, 6) is 0.961. The van der Waals surface area contributed by atoms with Crippen LogP contribution in [0.25, 0.3) is 0 Å². The summed E-state index contributed by atoms with van der Waals surface area (Å²) in [7, 11) is -3.37. The molecule has 0 bridgehead atoms. The summed E-state index contributed by atoms with van der Waals surface area (Å²) in [6.07, 6.45) is 1.77. The van der Waals surface area contributed by atoms with Crippen molar-refractivity contribution in [3.05, 3.63) is 22.8 Å². The molecule has 0 atom stereocenters. The molecule has 8 heteroatoms. The molecule has 1 aromatic heterocycles. The van der Waals surface area contributed by atoms with Gasteiger partial charge >= 0.3 is 0 Å². The minimum absolute atomic E-state index is 0.0160. The third kappa shape index (κ3) is 4.72.